The number of aryl methyl sites for hydroxylation is 1. The van der Waals surface area contributed by atoms with Crippen LogP contribution in [0, 0.1) is 0 Å². The number of rotatable bonds is 5. The van der Waals surface area contributed by atoms with Crippen LogP contribution in [-0.4, -0.2) is 31.6 Å². The Bertz CT molecular complexity index is 641. The first-order valence-corrected chi connectivity index (χ1v) is 8.34. The maximum atomic E-state index is 12.0. The van der Waals surface area contributed by atoms with Gasteiger partial charge in [-0.3, -0.25) is 9.36 Å². The molecule has 124 valence electrons. The van der Waals surface area contributed by atoms with Crippen LogP contribution in [0.3, 0.4) is 0 Å². The number of carbonyl (C=O) groups excluding carboxylic acids is 1. The molecule has 1 saturated carbocycles. The summed E-state index contributed by atoms with van der Waals surface area (Å²) in [6.45, 7) is 3.55. The Hall–Kier alpha value is -2.31. The van der Waals surface area contributed by atoms with E-state index in [2.05, 4.69) is 27.8 Å². The first-order valence-electron chi connectivity index (χ1n) is 8.34. The molecular formula is C16H24N6O. The molecule has 0 radical (unpaired) electrons. The number of carbonyl (C=O) groups is 1. The lowest BCUT2D eigenvalue weighted by molar-refractivity contribution is 0.244. The maximum Gasteiger partial charge on any atom is 0.319 e. The van der Waals surface area contributed by atoms with Gasteiger partial charge < -0.3 is 10.6 Å². The average molecular weight is 316 g/mol. The van der Waals surface area contributed by atoms with E-state index in [1.807, 2.05) is 23.3 Å². The van der Waals surface area contributed by atoms with Crippen LogP contribution in [0.15, 0.2) is 24.8 Å². The Morgan fingerprint density at radius 3 is 2.70 bits per heavy atom. The van der Waals surface area contributed by atoms with Gasteiger partial charge in [0.2, 0.25) is 0 Å². The molecule has 7 heteroatoms. The smallest absolute Gasteiger partial charge is 0.319 e. The number of anilines is 1. The summed E-state index contributed by atoms with van der Waals surface area (Å²) in [5.41, 5.74) is 1.80. The Kier molecular flexibility index (Phi) is 4.95. The topological polar surface area (TPSA) is 76.8 Å². The first-order chi connectivity index (χ1) is 11.2. The Balaban J connectivity index is 1.51. The second kappa shape index (κ2) is 7.30. The Morgan fingerprint density at radius 1 is 1.17 bits per heavy atom. The highest BCUT2D eigenvalue weighted by Gasteiger charge is 2.15. The van der Waals surface area contributed by atoms with E-state index in [1.165, 1.54) is 19.3 Å². The second-order valence-corrected chi connectivity index (χ2v) is 6.06. The standard InChI is InChI=1S/C16H24N6O/c1-2-21-10-13(8-17-21)11-22-12-15(9-18-22)20-16(23)19-14-6-4-3-5-7-14/h8-10,12,14H,2-7,11H2,1H3,(H2,19,20,23). The fourth-order valence-corrected chi connectivity index (χ4v) is 2.96. The second-order valence-electron chi connectivity index (χ2n) is 6.06. The molecule has 7 nitrogen and oxygen atoms in total. The number of urea groups is 1. The van der Waals surface area contributed by atoms with Gasteiger partial charge in [-0.2, -0.15) is 10.2 Å². The molecule has 3 rings (SSSR count). The van der Waals surface area contributed by atoms with Crippen molar-refractivity contribution in [1.82, 2.24) is 24.9 Å². The van der Waals surface area contributed by atoms with Gasteiger partial charge in [0, 0.05) is 30.5 Å². The van der Waals surface area contributed by atoms with Gasteiger partial charge in [-0.05, 0) is 19.8 Å². The van der Waals surface area contributed by atoms with Crippen LogP contribution in [0.1, 0.15) is 44.6 Å². The molecule has 0 unspecified atom stereocenters. The fraction of sp³-hybridized carbons (Fsp3) is 0.562. The zero-order chi connectivity index (χ0) is 16.1. The summed E-state index contributed by atoms with van der Waals surface area (Å²) in [6, 6.07) is 0.161. The fourth-order valence-electron chi connectivity index (χ4n) is 2.96. The summed E-state index contributed by atoms with van der Waals surface area (Å²) in [6.07, 6.45) is 13.2. The van der Waals surface area contributed by atoms with Gasteiger partial charge in [-0.1, -0.05) is 19.3 Å². The van der Waals surface area contributed by atoms with E-state index in [0.29, 0.717) is 18.3 Å². The molecule has 2 aromatic heterocycles. The monoisotopic (exact) mass is 316 g/mol. The SMILES string of the molecule is CCn1cc(Cn2cc(NC(=O)NC3CCCCC3)cn2)cn1. The molecule has 0 aliphatic heterocycles. The lowest BCUT2D eigenvalue weighted by atomic mass is 9.96. The molecule has 0 saturated heterocycles. The van der Waals surface area contributed by atoms with E-state index in [9.17, 15) is 4.79 Å². The van der Waals surface area contributed by atoms with Crippen molar-refractivity contribution in [2.24, 2.45) is 0 Å². The normalized spacial score (nSPS) is 15.5. The molecule has 0 atom stereocenters. The van der Waals surface area contributed by atoms with E-state index in [4.69, 9.17) is 0 Å². The van der Waals surface area contributed by atoms with E-state index in [0.717, 1.165) is 24.9 Å². The van der Waals surface area contributed by atoms with Crippen molar-refractivity contribution in [3.63, 3.8) is 0 Å². The maximum absolute atomic E-state index is 12.0. The molecule has 0 bridgehead atoms. The summed E-state index contributed by atoms with van der Waals surface area (Å²) in [7, 11) is 0. The quantitative estimate of drug-likeness (QED) is 0.890. The third-order valence-electron chi connectivity index (χ3n) is 4.19. The van der Waals surface area contributed by atoms with Crippen LogP contribution in [0.4, 0.5) is 10.5 Å². The average Bonchev–Trinajstić information content (AvgIpc) is 3.18. The van der Waals surface area contributed by atoms with Crippen LogP contribution < -0.4 is 10.6 Å². The molecule has 0 spiro atoms. The molecule has 0 aromatic carbocycles. The molecule has 1 fully saturated rings. The van der Waals surface area contributed by atoms with Crippen LogP contribution >= 0.6 is 0 Å². The third kappa shape index (κ3) is 4.34. The molecule has 2 N–H and O–H groups in total. The van der Waals surface area contributed by atoms with Crippen LogP contribution in [0.2, 0.25) is 0 Å². The highest BCUT2D eigenvalue weighted by atomic mass is 16.2. The van der Waals surface area contributed by atoms with Gasteiger partial charge in [0.1, 0.15) is 0 Å². The zero-order valence-electron chi connectivity index (χ0n) is 13.5. The Morgan fingerprint density at radius 2 is 1.96 bits per heavy atom. The van der Waals surface area contributed by atoms with Crippen LogP contribution in [-0.2, 0) is 13.1 Å². The van der Waals surface area contributed by atoms with Gasteiger partial charge in [-0.25, -0.2) is 4.79 Å². The number of aromatic nitrogens is 4. The summed E-state index contributed by atoms with van der Waals surface area (Å²) in [5.74, 6) is 0. The van der Waals surface area contributed by atoms with Gasteiger partial charge in [0.05, 0.1) is 24.6 Å². The Labute approximate surface area is 136 Å². The molecular weight excluding hydrogens is 292 g/mol. The molecule has 2 amide bonds. The van der Waals surface area contributed by atoms with Crippen molar-refractivity contribution in [3.8, 4) is 0 Å². The molecule has 2 aromatic rings. The summed E-state index contributed by atoms with van der Waals surface area (Å²) in [5, 5.41) is 14.4. The number of hydrogen-bond acceptors (Lipinski definition) is 3. The molecule has 1 aliphatic carbocycles. The summed E-state index contributed by atoms with van der Waals surface area (Å²) in [4.78, 5) is 12.0. The van der Waals surface area contributed by atoms with Crippen molar-refractivity contribution in [1.29, 1.82) is 0 Å². The van der Waals surface area contributed by atoms with Crippen LogP contribution in [0.5, 0.6) is 0 Å². The highest BCUT2D eigenvalue weighted by molar-refractivity contribution is 5.89. The molecule has 1 aliphatic rings. The largest absolute Gasteiger partial charge is 0.335 e. The van der Waals surface area contributed by atoms with Crippen LogP contribution in [0.25, 0.3) is 0 Å². The van der Waals surface area contributed by atoms with Crippen molar-refractivity contribution in [2.45, 2.75) is 58.2 Å². The summed E-state index contributed by atoms with van der Waals surface area (Å²) < 4.78 is 3.68. The number of nitrogens with one attached hydrogen (secondary N) is 2. The predicted molar refractivity (Wildman–Crippen MR) is 88.3 cm³/mol. The number of amides is 2. The van der Waals surface area contributed by atoms with Gasteiger partial charge >= 0.3 is 6.03 Å². The number of hydrogen-bond donors (Lipinski definition) is 2. The third-order valence-corrected chi connectivity index (χ3v) is 4.19. The van der Waals surface area contributed by atoms with E-state index in [-0.39, 0.29) is 6.03 Å². The number of nitrogens with zero attached hydrogens (tertiary/aromatic N) is 4. The molecule has 23 heavy (non-hydrogen) atoms. The highest BCUT2D eigenvalue weighted by Crippen LogP contribution is 2.17. The minimum absolute atomic E-state index is 0.143. The van der Waals surface area contributed by atoms with E-state index < -0.39 is 0 Å². The predicted octanol–water partition coefficient (Wildman–Crippen LogP) is 2.60. The van der Waals surface area contributed by atoms with Crippen molar-refractivity contribution >= 4 is 11.7 Å². The minimum Gasteiger partial charge on any atom is -0.335 e. The zero-order valence-corrected chi connectivity index (χ0v) is 13.5. The van der Waals surface area contributed by atoms with Crippen molar-refractivity contribution in [2.75, 3.05) is 5.32 Å². The lowest BCUT2D eigenvalue weighted by Gasteiger charge is -2.22. The molecule has 2 heterocycles. The lowest BCUT2D eigenvalue weighted by Crippen LogP contribution is -2.38. The minimum atomic E-state index is -0.143. The van der Waals surface area contributed by atoms with E-state index in [1.54, 1.807) is 10.9 Å². The van der Waals surface area contributed by atoms with Crippen molar-refractivity contribution < 1.29 is 4.79 Å². The van der Waals surface area contributed by atoms with Gasteiger partial charge in [0.15, 0.2) is 0 Å². The van der Waals surface area contributed by atoms with Gasteiger partial charge in [-0.15, -0.1) is 0 Å². The van der Waals surface area contributed by atoms with Gasteiger partial charge in [0.25, 0.3) is 0 Å². The summed E-state index contributed by atoms with van der Waals surface area (Å²) >= 11 is 0. The first kappa shape index (κ1) is 15.6. The van der Waals surface area contributed by atoms with E-state index >= 15 is 0 Å². The van der Waals surface area contributed by atoms with Crippen molar-refractivity contribution in [3.05, 3.63) is 30.4 Å².